The fourth-order valence-corrected chi connectivity index (χ4v) is 1.27. The van der Waals surface area contributed by atoms with Crippen molar-refractivity contribution in [1.29, 1.82) is 0 Å². The summed E-state index contributed by atoms with van der Waals surface area (Å²) in [6, 6.07) is 2.41. The van der Waals surface area contributed by atoms with Gasteiger partial charge in [0, 0.05) is 25.3 Å². The van der Waals surface area contributed by atoms with E-state index in [1.807, 2.05) is 23.9 Å². The molecule has 0 bridgehead atoms. The maximum absolute atomic E-state index is 9.34. The SMILES string of the molecule is CCC(O)CNCc1ccn(C(C)C)n1. The van der Waals surface area contributed by atoms with E-state index >= 15 is 0 Å². The number of hydrogen-bond donors (Lipinski definition) is 2. The van der Waals surface area contributed by atoms with Gasteiger partial charge in [-0.2, -0.15) is 5.10 Å². The minimum atomic E-state index is -0.253. The number of aliphatic hydroxyl groups is 1. The molecule has 4 heteroatoms. The molecular formula is C11H21N3O. The van der Waals surface area contributed by atoms with E-state index in [2.05, 4.69) is 24.3 Å². The van der Waals surface area contributed by atoms with Gasteiger partial charge in [-0.25, -0.2) is 0 Å². The number of aromatic nitrogens is 2. The predicted octanol–water partition coefficient (Wildman–Crippen LogP) is 1.32. The van der Waals surface area contributed by atoms with E-state index in [-0.39, 0.29) is 6.10 Å². The molecule has 0 aliphatic heterocycles. The molecule has 1 aromatic rings. The van der Waals surface area contributed by atoms with Gasteiger partial charge in [0.1, 0.15) is 0 Å². The van der Waals surface area contributed by atoms with Crippen LogP contribution in [-0.2, 0) is 6.54 Å². The highest BCUT2D eigenvalue weighted by Crippen LogP contribution is 2.03. The Bertz CT molecular complexity index is 283. The molecular weight excluding hydrogens is 190 g/mol. The van der Waals surface area contributed by atoms with Crippen molar-refractivity contribution in [2.45, 2.75) is 45.9 Å². The molecule has 0 aliphatic carbocycles. The molecule has 1 aromatic heterocycles. The number of hydrogen-bond acceptors (Lipinski definition) is 3. The molecule has 86 valence electrons. The minimum Gasteiger partial charge on any atom is -0.392 e. The van der Waals surface area contributed by atoms with E-state index in [1.54, 1.807) is 0 Å². The third-order valence-corrected chi connectivity index (χ3v) is 2.35. The zero-order valence-electron chi connectivity index (χ0n) is 9.77. The fourth-order valence-electron chi connectivity index (χ4n) is 1.27. The number of nitrogens with zero attached hydrogens (tertiary/aromatic N) is 2. The van der Waals surface area contributed by atoms with Crippen LogP contribution in [0.4, 0.5) is 0 Å². The lowest BCUT2D eigenvalue weighted by atomic mass is 10.3. The van der Waals surface area contributed by atoms with Gasteiger partial charge in [-0.05, 0) is 26.3 Å². The normalized spacial score (nSPS) is 13.4. The molecule has 1 atom stereocenters. The second kappa shape index (κ2) is 5.88. The van der Waals surface area contributed by atoms with Crippen LogP contribution in [0.15, 0.2) is 12.3 Å². The summed E-state index contributed by atoms with van der Waals surface area (Å²) in [5.74, 6) is 0. The Morgan fingerprint density at radius 2 is 2.27 bits per heavy atom. The molecule has 4 nitrogen and oxygen atoms in total. The zero-order chi connectivity index (χ0) is 11.3. The molecule has 15 heavy (non-hydrogen) atoms. The molecule has 0 aromatic carbocycles. The first kappa shape index (κ1) is 12.2. The Balaban J connectivity index is 2.31. The van der Waals surface area contributed by atoms with Gasteiger partial charge in [-0.3, -0.25) is 4.68 Å². The van der Waals surface area contributed by atoms with Gasteiger partial charge in [0.15, 0.2) is 0 Å². The van der Waals surface area contributed by atoms with Crippen LogP contribution >= 0.6 is 0 Å². The smallest absolute Gasteiger partial charge is 0.0762 e. The second-order valence-electron chi connectivity index (χ2n) is 4.07. The third kappa shape index (κ3) is 4.01. The summed E-state index contributed by atoms with van der Waals surface area (Å²) in [5.41, 5.74) is 1.02. The number of rotatable bonds is 6. The molecule has 0 radical (unpaired) electrons. The monoisotopic (exact) mass is 211 g/mol. The standard InChI is InChI=1S/C11H21N3O/c1-4-11(15)8-12-7-10-5-6-14(13-10)9(2)3/h5-6,9,11-12,15H,4,7-8H2,1-3H3. The van der Waals surface area contributed by atoms with Crippen LogP contribution < -0.4 is 5.32 Å². The maximum Gasteiger partial charge on any atom is 0.0762 e. The van der Waals surface area contributed by atoms with Crippen molar-refractivity contribution in [3.05, 3.63) is 18.0 Å². The molecule has 0 fully saturated rings. The minimum absolute atomic E-state index is 0.253. The van der Waals surface area contributed by atoms with Crippen LogP contribution in [0.2, 0.25) is 0 Å². The highest BCUT2D eigenvalue weighted by atomic mass is 16.3. The zero-order valence-corrected chi connectivity index (χ0v) is 9.77. The topological polar surface area (TPSA) is 50.1 Å². The maximum atomic E-state index is 9.34. The van der Waals surface area contributed by atoms with Gasteiger partial charge in [-0.1, -0.05) is 6.92 Å². The molecule has 1 unspecified atom stereocenters. The van der Waals surface area contributed by atoms with Gasteiger partial charge < -0.3 is 10.4 Å². The van der Waals surface area contributed by atoms with E-state index in [4.69, 9.17) is 0 Å². The molecule has 0 amide bonds. The quantitative estimate of drug-likeness (QED) is 0.746. The van der Waals surface area contributed by atoms with E-state index in [0.717, 1.165) is 18.7 Å². The van der Waals surface area contributed by atoms with E-state index in [1.165, 1.54) is 0 Å². The van der Waals surface area contributed by atoms with Crippen molar-refractivity contribution >= 4 is 0 Å². The van der Waals surface area contributed by atoms with Crippen LogP contribution in [-0.4, -0.2) is 27.5 Å². The van der Waals surface area contributed by atoms with Gasteiger partial charge in [0.05, 0.1) is 11.8 Å². The number of aliphatic hydroxyl groups excluding tert-OH is 1. The largest absolute Gasteiger partial charge is 0.392 e. The highest BCUT2D eigenvalue weighted by molar-refractivity contribution is 4.99. The lowest BCUT2D eigenvalue weighted by Gasteiger charge is -2.08. The average molecular weight is 211 g/mol. The summed E-state index contributed by atoms with van der Waals surface area (Å²) >= 11 is 0. The first-order valence-electron chi connectivity index (χ1n) is 5.56. The summed E-state index contributed by atoms with van der Waals surface area (Å²) in [7, 11) is 0. The predicted molar refractivity (Wildman–Crippen MR) is 60.6 cm³/mol. The fraction of sp³-hybridized carbons (Fsp3) is 0.727. The van der Waals surface area contributed by atoms with Crippen molar-refractivity contribution in [3.8, 4) is 0 Å². The summed E-state index contributed by atoms with van der Waals surface area (Å²) in [4.78, 5) is 0. The van der Waals surface area contributed by atoms with Crippen molar-refractivity contribution in [2.75, 3.05) is 6.54 Å². The molecule has 0 spiro atoms. The first-order valence-corrected chi connectivity index (χ1v) is 5.56. The van der Waals surface area contributed by atoms with Gasteiger partial charge >= 0.3 is 0 Å². The van der Waals surface area contributed by atoms with Crippen molar-refractivity contribution in [3.63, 3.8) is 0 Å². The molecule has 2 N–H and O–H groups in total. The third-order valence-electron chi connectivity index (χ3n) is 2.35. The van der Waals surface area contributed by atoms with Crippen LogP contribution in [0.1, 0.15) is 38.9 Å². The molecule has 0 saturated heterocycles. The Labute approximate surface area is 91.3 Å². The van der Waals surface area contributed by atoms with Crippen LogP contribution in [0.25, 0.3) is 0 Å². The first-order chi connectivity index (χ1) is 7.13. The van der Waals surface area contributed by atoms with E-state index in [9.17, 15) is 5.11 Å². The Hall–Kier alpha value is -0.870. The Morgan fingerprint density at radius 3 is 2.80 bits per heavy atom. The van der Waals surface area contributed by atoms with Crippen LogP contribution in [0.5, 0.6) is 0 Å². The molecule has 0 saturated carbocycles. The van der Waals surface area contributed by atoms with Gasteiger partial charge in [0.2, 0.25) is 0 Å². The summed E-state index contributed by atoms with van der Waals surface area (Å²) < 4.78 is 1.94. The van der Waals surface area contributed by atoms with Crippen molar-refractivity contribution in [2.24, 2.45) is 0 Å². The summed E-state index contributed by atoms with van der Waals surface area (Å²) in [6.45, 7) is 7.53. The summed E-state index contributed by atoms with van der Waals surface area (Å²) in [5, 5.41) is 16.9. The Kier molecular flexibility index (Phi) is 4.78. The molecule has 1 rings (SSSR count). The summed E-state index contributed by atoms with van der Waals surface area (Å²) in [6.07, 6.45) is 2.52. The van der Waals surface area contributed by atoms with Gasteiger partial charge in [-0.15, -0.1) is 0 Å². The number of nitrogens with one attached hydrogen (secondary N) is 1. The lowest BCUT2D eigenvalue weighted by Crippen LogP contribution is -2.25. The van der Waals surface area contributed by atoms with Crippen molar-refractivity contribution in [1.82, 2.24) is 15.1 Å². The highest BCUT2D eigenvalue weighted by Gasteiger charge is 2.03. The van der Waals surface area contributed by atoms with E-state index in [0.29, 0.717) is 12.6 Å². The van der Waals surface area contributed by atoms with Crippen molar-refractivity contribution < 1.29 is 5.11 Å². The lowest BCUT2D eigenvalue weighted by molar-refractivity contribution is 0.167. The van der Waals surface area contributed by atoms with Crippen LogP contribution in [0, 0.1) is 0 Å². The molecule has 1 heterocycles. The van der Waals surface area contributed by atoms with Crippen LogP contribution in [0.3, 0.4) is 0 Å². The van der Waals surface area contributed by atoms with Gasteiger partial charge in [0.25, 0.3) is 0 Å². The Morgan fingerprint density at radius 1 is 1.53 bits per heavy atom. The second-order valence-corrected chi connectivity index (χ2v) is 4.07. The molecule has 0 aliphatic rings. The van der Waals surface area contributed by atoms with E-state index < -0.39 is 0 Å². The average Bonchev–Trinajstić information content (AvgIpc) is 2.66.